The summed E-state index contributed by atoms with van der Waals surface area (Å²) in [6.07, 6.45) is 1.97. The fraction of sp³-hybridized carbons (Fsp3) is 0.800. The van der Waals surface area contributed by atoms with Gasteiger partial charge in [-0.05, 0) is 26.3 Å². The van der Waals surface area contributed by atoms with E-state index in [1.807, 2.05) is 0 Å². The number of nitrogens with zero attached hydrogens (tertiary/aromatic N) is 3. The normalized spacial score (nSPS) is 20.7. The van der Waals surface area contributed by atoms with Gasteiger partial charge in [0.2, 0.25) is 10.0 Å². The zero-order valence-corrected chi connectivity index (χ0v) is 11.5. The molecule has 2 N–H and O–H groups in total. The van der Waals surface area contributed by atoms with Gasteiger partial charge in [-0.1, -0.05) is 0 Å². The molecule has 1 unspecified atom stereocenters. The number of sulfonamides is 1. The fourth-order valence-electron chi connectivity index (χ4n) is 2.04. The van der Waals surface area contributed by atoms with Crippen LogP contribution < -0.4 is 5.32 Å². The van der Waals surface area contributed by atoms with Gasteiger partial charge in [0.05, 0.1) is 12.3 Å². The number of rotatable bonds is 5. The van der Waals surface area contributed by atoms with Crippen molar-refractivity contribution in [2.24, 2.45) is 0 Å². The third-order valence-electron chi connectivity index (χ3n) is 3.06. The molecule has 1 aromatic rings. The zero-order valence-electron chi connectivity index (χ0n) is 10.7. The second-order valence-corrected chi connectivity index (χ2v) is 6.79. The van der Waals surface area contributed by atoms with Gasteiger partial charge in [-0.3, -0.25) is 5.10 Å². The van der Waals surface area contributed by atoms with Crippen LogP contribution in [0.1, 0.15) is 24.5 Å². The summed E-state index contributed by atoms with van der Waals surface area (Å²) in [6.45, 7) is 2.90. The monoisotopic (exact) mass is 273 g/mol. The highest BCUT2D eigenvalue weighted by molar-refractivity contribution is 7.89. The van der Waals surface area contributed by atoms with Gasteiger partial charge >= 0.3 is 0 Å². The molecule has 0 bridgehead atoms. The second kappa shape index (κ2) is 5.33. The largest absolute Gasteiger partial charge is 0.313 e. The van der Waals surface area contributed by atoms with Crippen LogP contribution in [0.4, 0.5) is 0 Å². The van der Waals surface area contributed by atoms with Gasteiger partial charge in [0, 0.05) is 13.1 Å². The van der Waals surface area contributed by atoms with E-state index in [1.165, 1.54) is 4.31 Å². The van der Waals surface area contributed by atoms with Gasteiger partial charge in [0.15, 0.2) is 5.82 Å². The summed E-state index contributed by atoms with van der Waals surface area (Å²) in [4.78, 5) is 4.11. The number of aromatic amines is 1. The van der Waals surface area contributed by atoms with Crippen molar-refractivity contribution >= 4 is 10.0 Å². The van der Waals surface area contributed by atoms with Crippen molar-refractivity contribution in [1.29, 1.82) is 0 Å². The first kappa shape index (κ1) is 13.4. The zero-order chi connectivity index (χ0) is 13.2. The molecule has 0 spiro atoms. The van der Waals surface area contributed by atoms with Crippen LogP contribution in [0.3, 0.4) is 0 Å². The van der Waals surface area contributed by atoms with E-state index in [9.17, 15) is 8.42 Å². The number of nitrogens with one attached hydrogen (secondary N) is 2. The molecule has 2 rings (SSSR count). The molecule has 0 aliphatic carbocycles. The van der Waals surface area contributed by atoms with Crippen LogP contribution in [0, 0.1) is 6.92 Å². The van der Waals surface area contributed by atoms with E-state index < -0.39 is 10.0 Å². The second-order valence-electron chi connectivity index (χ2n) is 4.66. The Morgan fingerprint density at radius 2 is 2.28 bits per heavy atom. The Labute approximate surface area is 107 Å². The van der Waals surface area contributed by atoms with Gasteiger partial charge in [-0.25, -0.2) is 13.4 Å². The molecule has 1 aliphatic heterocycles. The molecule has 1 fully saturated rings. The molecule has 8 heteroatoms. The van der Waals surface area contributed by atoms with E-state index in [-0.39, 0.29) is 18.3 Å². The maximum absolute atomic E-state index is 12.1. The molecule has 1 saturated heterocycles. The molecule has 2 heterocycles. The van der Waals surface area contributed by atoms with Gasteiger partial charge in [0.25, 0.3) is 0 Å². The maximum atomic E-state index is 12.1. The summed E-state index contributed by atoms with van der Waals surface area (Å²) in [5.74, 6) is 1.33. The first-order valence-electron chi connectivity index (χ1n) is 6.02. The topological polar surface area (TPSA) is 91.0 Å². The minimum absolute atomic E-state index is 0.0753. The molecule has 1 atom stereocenters. The van der Waals surface area contributed by atoms with E-state index in [2.05, 4.69) is 20.5 Å². The average Bonchev–Trinajstić information content (AvgIpc) is 2.90. The van der Waals surface area contributed by atoms with Crippen LogP contribution in [0.25, 0.3) is 0 Å². The van der Waals surface area contributed by atoms with Gasteiger partial charge < -0.3 is 5.32 Å². The van der Waals surface area contributed by atoms with Crippen molar-refractivity contribution in [3.63, 3.8) is 0 Å². The summed E-state index contributed by atoms with van der Waals surface area (Å²) in [5, 5.41) is 9.84. The van der Waals surface area contributed by atoms with E-state index in [0.29, 0.717) is 11.6 Å². The number of hydrogen-bond donors (Lipinski definition) is 2. The highest BCUT2D eigenvalue weighted by atomic mass is 32.2. The fourth-order valence-corrected chi connectivity index (χ4v) is 3.40. The Kier molecular flexibility index (Phi) is 3.98. The van der Waals surface area contributed by atoms with E-state index in [1.54, 1.807) is 14.0 Å². The third kappa shape index (κ3) is 3.27. The minimum atomic E-state index is -3.26. The quantitative estimate of drug-likeness (QED) is 0.763. The van der Waals surface area contributed by atoms with Crippen LogP contribution in [-0.4, -0.2) is 53.3 Å². The first-order chi connectivity index (χ1) is 8.47. The first-order valence-corrected chi connectivity index (χ1v) is 7.63. The molecule has 1 aromatic heterocycles. The maximum Gasteiger partial charge on any atom is 0.215 e. The summed E-state index contributed by atoms with van der Waals surface area (Å²) in [6, 6.07) is 0.0753. The molecule has 0 amide bonds. The number of H-pyrrole nitrogens is 1. The van der Waals surface area contributed by atoms with Crippen molar-refractivity contribution in [3.05, 3.63) is 11.6 Å². The predicted molar refractivity (Wildman–Crippen MR) is 67.4 cm³/mol. The lowest BCUT2D eigenvalue weighted by molar-refractivity contribution is 0.450. The minimum Gasteiger partial charge on any atom is -0.313 e. The van der Waals surface area contributed by atoms with E-state index in [4.69, 9.17) is 0 Å². The molecule has 102 valence electrons. The molecule has 1 aliphatic rings. The third-order valence-corrected chi connectivity index (χ3v) is 4.96. The summed E-state index contributed by atoms with van der Waals surface area (Å²) in [7, 11) is -1.69. The smallest absolute Gasteiger partial charge is 0.215 e. The van der Waals surface area contributed by atoms with Crippen molar-refractivity contribution in [1.82, 2.24) is 24.8 Å². The van der Waals surface area contributed by atoms with Crippen molar-refractivity contribution < 1.29 is 8.42 Å². The molecule has 0 saturated carbocycles. The van der Waals surface area contributed by atoms with Crippen molar-refractivity contribution in [2.75, 3.05) is 19.3 Å². The van der Waals surface area contributed by atoms with Gasteiger partial charge in [-0.15, -0.1) is 0 Å². The Morgan fingerprint density at radius 1 is 1.50 bits per heavy atom. The van der Waals surface area contributed by atoms with E-state index >= 15 is 0 Å². The molecule has 18 heavy (non-hydrogen) atoms. The number of aryl methyl sites for hydroxylation is 1. The highest BCUT2D eigenvalue weighted by Gasteiger charge is 2.26. The standard InChI is InChI=1S/C10H19N5O2S/c1-8-12-10(14-13-8)6-15(2)18(16,17)7-9-4-3-5-11-9/h9,11H,3-7H2,1-2H3,(H,12,13,14). The molecular formula is C10H19N5O2S. The van der Waals surface area contributed by atoms with Crippen LogP contribution in [0.5, 0.6) is 0 Å². The molecule has 0 aromatic carbocycles. The summed E-state index contributed by atoms with van der Waals surface area (Å²) < 4.78 is 25.6. The van der Waals surface area contributed by atoms with Crippen LogP contribution in [0.15, 0.2) is 0 Å². The Morgan fingerprint density at radius 3 is 2.83 bits per heavy atom. The highest BCUT2D eigenvalue weighted by Crippen LogP contribution is 2.11. The molecule has 0 radical (unpaired) electrons. The summed E-state index contributed by atoms with van der Waals surface area (Å²) in [5.41, 5.74) is 0. The van der Waals surface area contributed by atoms with Crippen LogP contribution in [-0.2, 0) is 16.6 Å². The Bertz CT molecular complexity index is 492. The average molecular weight is 273 g/mol. The lowest BCUT2D eigenvalue weighted by atomic mass is 10.3. The van der Waals surface area contributed by atoms with E-state index in [0.717, 1.165) is 19.4 Å². The lowest BCUT2D eigenvalue weighted by Crippen LogP contribution is -2.37. The van der Waals surface area contributed by atoms with Crippen LogP contribution >= 0.6 is 0 Å². The number of hydrogen-bond acceptors (Lipinski definition) is 5. The van der Waals surface area contributed by atoms with Gasteiger partial charge in [0.1, 0.15) is 5.82 Å². The Balaban J connectivity index is 1.96. The summed E-state index contributed by atoms with van der Waals surface area (Å²) >= 11 is 0. The van der Waals surface area contributed by atoms with Crippen LogP contribution in [0.2, 0.25) is 0 Å². The number of aromatic nitrogens is 3. The molecule has 7 nitrogen and oxygen atoms in total. The van der Waals surface area contributed by atoms with Crippen molar-refractivity contribution in [2.45, 2.75) is 32.4 Å². The molecular weight excluding hydrogens is 254 g/mol. The Hall–Kier alpha value is -0.990. The SMILES string of the molecule is Cc1nc(CN(C)S(=O)(=O)CC2CCCN2)n[nH]1. The lowest BCUT2D eigenvalue weighted by Gasteiger charge is -2.18. The van der Waals surface area contributed by atoms with Crippen molar-refractivity contribution in [3.8, 4) is 0 Å². The van der Waals surface area contributed by atoms with Gasteiger partial charge in [-0.2, -0.15) is 9.40 Å². The predicted octanol–water partition coefficient (Wildman–Crippen LogP) is -0.373.